The first-order valence-electron chi connectivity index (χ1n) is 5.22. The summed E-state index contributed by atoms with van der Waals surface area (Å²) in [6.07, 6.45) is 0. The summed E-state index contributed by atoms with van der Waals surface area (Å²) in [7, 11) is -0.726. The third-order valence-electron chi connectivity index (χ3n) is 2.09. The Hall–Kier alpha value is -1.51. The van der Waals surface area contributed by atoms with Gasteiger partial charge in [0.15, 0.2) is 0 Å². The van der Waals surface area contributed by atoms with Crippen LogP contribution in [0.4, 0.5) is 5.69 Å². The lowest BCUT2D eigenvalue weighted by Crippen LogP contribution is -2.34. The molecule has 0 aliphatic rings. The number of methoxy groups -OCH3 is 2. The van der Waals surface area contributed by atoms with E-state index in [1.807, 2.05) is 0 Å². The van der Waals surface area contributed by atoms with E-state index < -0.39 is 10.2 Å². The summed E-state index contributed by atoms with van der Waals surface area (Å²) >= 11 is 0. The van der Waals surface area contributed by atoms with Crippen LogP contribution in [0.15, 0.2) is 18.2 Å². The molecule has 0 bridgehead atoms. The number of ether oxygens (including phenoxy) is 2. The molecular weight excluding hydrogens is 258 g/mol. The molecule has 0 atom stereocenters. The van der Waals surface area contributed by atoms with Gasteiger partial charge in [0, 0.05) is 19.2 Å². The molecule has 0 amide bonds. The van der Waals surface area contributed by atoms with Gasteiger partial charge in [-0.05, 0) is 12.1 Å². The Balaban J connectivity index is 2.94. The normalized spacial score (nSPS) is 11.1. The molecule has 102 valence electrons. The molecule has 7 nitrogen and oxygen atoms in total. The number of benzene rings is 1. The molecule has 1 aromatic rings. The maximum Gasteiger partial charge on any atom is 0.299 e. The van der Waals surface area contributed by atoms with Gasteiger partial charge in [0.25, 0.3) is 10.2 Å². The van der Waals surface area contributed by atoms with Crippen LogP contribution in [-0.4, -0.2) is 35.7 Å². The zero-order chi connectivity index (χ0) is 13.6. The number of nitrogens with two attached hydrogens (primary N) is 1. The quantitative estimate of drug-likeness (QED) is 0.645. The smallest absolute Gasteiger partial charge is 0.299 e. The van der Waals surface area contributed by atoms with Gasteiger partial charge in [-0.15, -0.1) is 0 Å². The van der Waals surface area contributed by atoms with Gasteiger partial charge < -0.3 is 15.2 Å². The fraction of sp³-hybridized carbons (Fsp3) is 0.400. The minimum absolute atomic E-state index is 0.154. The molecule has 0 aromatic heterocycles. The first-order chi connectivity index (χ1) is 8.52. The van der Waals surface area contributed by atoms with Gasteiger partial charge in [-0.25, -0.2) is 0 Å². The van der Waals surface area contributed by atoms with Crippen LogP contribution >= 0.6 is 0 Å². The van der Waals surface area contributed by atoms with E-state index in [2.05, 4.69) is 9.44 Å². The Morgan fingerprint density at radius 3 is 2.56 bits per heavy atom. The van der Waals surface area contributed by atoms with Crippen molar-refractivity contribution in [2.24, 2.45) is 5.73 Å². The molecule has 1 aromatic carbocycles. The van der Waals surface area contributed by atoms with Gasteiger partial charge in [-0.3, -0.25) is 4.72 Å². The molecule has 1 rings (SSSR count). The van der Waals surface area contributed by atoms with E-state index in [0.29, 0.717) is 17.2 Å². The first kappa shape index (κ1) is 14.6. The predicted octanol–water partition coefficient (Wildman–Crippen LogP) is -0.0912. The van der Waals surface area contributed by atoms with Gasteiger partial charge >= 0.3 is 0 Å². The summed E-state index contributed by atoms with van der Waals surface area (Å²) in [5.41, 5.74) is 5.52. The van der Waals surface area contributed by atoms with Gasteiger partial charge in [0.2, 0.25) is 0 Å². The summed E-state index contributed by atoms with van der Waals surface area (Å²) in [4.78, 5) is 0. The van der Waals surface area contributed by atoms with E-state index >= 15 is 0 Å². The average molecular weight is 275 g/mol. The van der Waals surface area contributed by atoms with Crippen LogP contribution in [0.3, 0.4) is 0 Å². The van der Waals surface area contributed by atoms with Gasteiger partial charge in [0.05, 0.1) is 19.9 Å². The maximum absolute atomic E-state index is 11.7. The van der Waals surface area contributed by atoms with Crippen LogP contribution in [0.2, 0.25) is 0 Å². The van der Waals surface area contributed by atoms with Crippen molar-refractivity contribution in [3.63, 3.8) is 0 Å². The summed E-state index contributed by atoms with van der Waals surface area (Å²) in [5, 5.41) is 0. The van der Waals surface area contributed by atoms with Crippen LogP contribution in [-0.2, 0) is 10.2 Å². The molecule has 18 heavy (non-hydrogen) atoms. The highest BCUT2D eigenvalue weighted by Crippen LogP contribution is 2.29. The molecule has 4 N–H and O–H groups in total. The molecule has 0 aliphatic carbocycles. The van der Waals surface area contributed by atoms with Crippen LogP contribution in [0.25, 0.3) is 0 Å². The molecule has 0 unspecified atom stereocenters. The molecule has 0 radical (unpaired) electrons. The highest BCUT2D eigenvalue weighted by molar-refractivity contribution is 7.90. The lowest BCUT2D eigenvalue weighted by Gasteiger charge is -2.13. The van der Waals surface area contributed by atoms with Gasteiger partial charge in [-0.2, -0.15) is 13.1 Å². The van der Waals surface area contributed by atoms with Crippen LogP contribution in [0.5, 0.6) is 11.5 Å². The van der Waals surface area contributed by atoms with E-state index in [-0.39, 0.29) is 13.1 Å². The fourth-order valence-corrected chi connectivity index (χ4v) is 2.18. The van der Waals surface area contributed by atoms with Crippen molar-refractivity contribution in [2.75, 3.05) is 32.0 Å². The Kier molecular flexibility index (Phi) is 5.20. The molecule has 8 heteroatoms. The maximum atomic E-state index is 11.7. The summed E-state index contributed by atoms with van der Waals surface area (Å²) < 4.78 is 38.0. The molecule has 0 spiro atoms. The van der Waals surface area contributed by atoms with Gasteiger partial charge in [-0.1, -0.05) is 0 Å². The van der Waals surface area contributed by atoms with Crippen molar-refractivity contribution in [3.8, 4) is 11.5 Å². The second-order valence-corrected chi connectivity index (χ2v) is 4.85. The predicted molar refractivity (Wildman–Crippen MR) is 69.1 cm³/mol. The van der Waals surface area contributed by atoms with Crippen LogP contribution < -0.4 is 24.7 Å². The third-order valence-corrected chi connectivity index (χ3v) is 3.16. The number of anilines is 1. The first-order valence-corrected chi connectivity index (χ1v) is 6.70. The van der Waals surface area contributed by atoms with E-state index in [1.165, 1.54) is 20.3 Å². The molecule has 0 saturated heterocycles. The van der Waals surface area contributed by atoms with Crippen molar-refractivity contribution in [3.05, 3.63) is 18.2 Å². The SMILES string of the molecule is COc1ccc(OC)c(NS(=O)(=O)NCCN)c1. The minimum Gasteiger partial charge on any atom is -0.497 e. The zero-order valence-corrected chi connectivity index (χ0v) is 11.1. The van der Waals surface area contributed by atoms with Crippen LogP contribution in [0, 0.1) is 0 Å². The molecule has 0 saturated carbocycles. The Bertz CT molecular complexity index is 490. The minimum atomic E-state index is -3.67. The highest BCUT2D eigenvalue weighted by Gasteiger charge is 2.13. The summed E-state index contributed by atoms with van der Waals surface area (Å²) in [6, 6.07) is 4.81. The van der Waals surface area contributed by atoms with Gasteiger partial charge in [0.1, 0.15) is 11.5 Å². The summed E-state index contributed by atoms with van der Waals surface area (Å²) in [6.45, 7) is 0.373. The molecule has 0 aliphatic heterocycles. The van der Waals surface area contributed by atoms with Crippen molar-refractivity contribution in [1.82, 2.24) is 4.72 Å². The summed E-state index contributed by atoms with van der Waals surface area (Å²) in [5.74, 6) is 0.918. The van der Waals surface area contributed by atoms with E-state index in [9.17, 15) is 8.42 Å². The Labute approximate surface area is 106 Å². The number of hydrogen-bond donors (Lipinski definition) is 3. The Morgan fingerprint density at radius 2 is 2.00 bits per heavy atom. The standard InChI is InChI=1S/C10H17N3O4S/c1-16-8-3-4-10(17-2)9(7-8)13-18(14,15)12-6-5-11/h3-4,7,12-13H,5-6,11H2,1-2H3. The van der Waals surface area contributed by atoms with E-state index in [4.69, 9.17) is 15.2 Å². The monoisotopic (exact) mass is 275 g/mol. The van der Waals surface area contributed by atoms with E-state index in [1.54, 1.807) is 12.1 Å². The Morgan fingerprint density at radius 1 is 1.28 bits per heavy atom. The van der Waals surface area contributed by atoms with E-state index in [0.717, 1.165) is 0 Å². The molecular formula is C10H17N3O4S. The second kappa shape index (κ2) is 6.43. The largest absolute Gasteiger partial charge is 0.497 e. The number of rotatable bonds is 7. The third kappa shape index (κ3) is 4.06. The second-order valence-electron chi connectivity index (χ2n) is 3.35. The lowest BCUT2D eigenvalue weighted by molar-refractivity contribution is 0.405. The van der Waals surface area contributed by atoms with Crippen molar-refractivity contribution in [1.29, 1.82) is 0 Å². The van der Waals surface area contributed by atoms with Crippen LogP contribution in [0.1, 0.15) is 0 Å². The molecule has 0 fully saturated rings. The molecule has 0 heterocycles. The highest BCUT2D eigenvalue weighted by atomic mass is 32.2. The topological polar surface area (TPSA) is 103 Å². The zero-order valence-electron chi connectivity index (χ0n) is 10.3. The number of nitrogens with one attached hydrogen (secondary N) is 2. The number of hydrogen-bond acceptors (Lipinski definition) is 5. The fourth-order valence-electron chi connectivity index (χ4n) is 1.27. The van der Waals surface area contributed by atoms with Crippen molar-refractivity contribution >= 4 is 15.9 Å². The van der Waals surface area contributed by atoms with Crippen molar-refractivity contribution < 1.29 is 17.9 Å². The van der Waals surface area contributed by atoms with Crippen molar-refractivity contribution in [2.45, 2.75) is 0 Å². The lowest BCUT2D eigenvalue weighted by atomic mass is 10.3. The average Bonchev–Trinajstić information content (AvgIpc) is 2.36.